The van der Waals surface area contributed by atoms with Crippen molar-refractivity contribution in [3.05, 3.63) is 36.2 Å². The van der Waals surface area contributed by atoms with Crippen LogP contribution in [0.3, 0.4) is 0 Å². The van der Waals surface area contributed by atoms with Gasteiger partial charge >= 0.3 is 0 Å². The molecule has 0 bridgehead atoms. The van der Waals surface area contributed by atoms with Crippen molar-refractivity contribution in [1.82, 2.24) is 14.3 Å². The van der Waals surface area contributed by atoms with E-state index in [1.807, 2.05) is 25.1 Å². The van der Waals surface area contributed by atoms with Crippen molar-refractivity contribution < 1.29 is 17.9 Å². The van der Waals surface area contributed by atoms with E-state index in [-0.39, 0.29) is 6.54 Å². The highest BCUT2D eigenvalue weighted by Crippen LogP contribution is 2.22. The van der Waals surface area contributed by atoms with Crippen LogP contribution in [-0.4, -0.2) is 74.7 Å². The predicted molar refractivity (Wildman–Crippen MR) is 116 cm³/mol. The molecule has 1 amide bonds. The quantitative estimate of drug-likeness (QED) is 0.668. The number of amides is 1. The maximum absolute atomic E-state index is 12.0. The normalized spacial score (nSPS) is 14.6. The van der Waals surface area contributed by atoms with Crippen LogP contribution in [0.25, 0.3) is 0 Å². The topological polar surface area (TPSA) is 117 Å². The van der Waals surface area contributed by atoms with Crippen LogP contribution in [0.2, 0.25) is 0 Å². The van der Waals surface area contributed by atoms with Crippen molar-refractivity contribution in [2.24, 2.45) is 0 Å². The number of carbonyl (C=O) groups is 1. The minimum Gasteiger partial charge on any atom is -0.378 e. The van der Waals surface area contributed by atoms with Crippen LogP contribution in [0.15, 0.2) is 30.3 Å². The molecule has 3 rings (SSSR count). The maximum Gasteiger partial charge on any atom is 0.239 e. The van der Waals surface area contributed by atoms with Gasteiger partial charge in [-0.25, -0.2) is 18.4 Å². The van der Waals surface area contributed by atoms with E-state index in [1.54, 1.807) is 12.1 Å². The molecule has 11 heteroatoms. The van der Waals surface area contributed by atoms with Gasteiger partial charge in [0.25, 0.3) is 0 Å². The highest BCUT2D eigenvalue weighted by Gasteiger charge is 2.16. The van der Waals surface area contributed by atoms with Gasteiger partial charge < -0.3 is 20.3 Å². The highest BCUT2D eigenvalue weighted by molar-refractivity contribution is 7.88. The molecule has 162 valence electrons. The van der Waals surface area contributed by atoms with Gasteiger partial charge in [0.2, 0.25) is 15.9 Å². The summed E-state index contributed by atoms with van der Waals surface area (Å²) in [5, 5.41) is 5.93. The molecule has 2 heterocycles. The molecule has 0 atom stereocenters. The van der Waals surface area contributed by atoms with Gasteiger partial charge in [0.05, 0.1) is 26.0 Å². The molecule has 1 aromatic carbocycles. The molecule has 1 aromatic heterocycles. The minimum absolute atomic E-state index is 0.247. The van der Waals surface area contributed by atoms with E-state index in [0.29, 0.717) is 30.5 Å². The number of morpholine rings is 1. The second-order valence-electron chi connectivity index (χ2n) is 7.03. The average molecular weight is 435 g/mol. The number of hydrogen-bond donors (Lipinski definition) is 2. The first kappa shape index (κ1) is 21.9. The van der Waals surface area contributed by atoms with Crippen LogP contribution in [0.5, 0.6) is 0 Å². The molecule has 30 heavy (non-hydrogen) atoms. The van der Waals surface area contributed by atoms with Crippen molar-refractivity contribution in [2.75, 3.05) is 61.7 Å². The summed E-state index contributed by atoms with van der Waals surface area (Å²) in [6.07, 6.45) is 1.06. The fourth-order valence-corrected chi connectivity index (χ4v) is 3.23. The number of rotatable bonds is 7. The van der Waals surface area contributed by atoms with E-state index in [4.69, 9.17) is 4.74 Å². The SMILES string of the molecule is Cc1nc(Nc2ccc(NC(=O)CN(C)S(C)(=O)=O)cc2)cc(N2CCOCC2)n1. The zero-order chi connectivity index (χ0) is 21.7. The predicted octanol–water partition coefficient (Wildman–Crippen LogP) is 1.20. The Morgan fingerprint density at radius 1 is 1.17 bits per heavy atom. The number of likely N-dealkylation sites (N-methyl/N-ethyl adjacent to an activating group) is 1. The van der Waals surface area contributed by atoms with E-state index in [0.717, 1.165) is 35.2 Å². The molecule has 1 fully saturated rings. The third-order valence-corrected chi connectivity index (χ3v) is 5.79. The van der Waals surface area contributed by atoms with Gasteiger partial charge in [0.15, 0.2) is 0 Å². The van der Waals surface area contributed by atoms with Crippen molar-refractivity contribution in [3.63, 3.8) is 0 Å². The number of carbonyl (C=O) groups excluding carboxylic acids is 1. The van der Waals surface area contributed by atoms with E-state index in [1.165, 1.54) is 7.05 Å². The Bertz CT molecular complexity index is 991. The summed E-state index contributed by atoms with van der Waals surface area (Å²) in [5.74, 6) is 1.79. The fourth-order valence-electron chi connectivity index (χ4n) is 2.88. The van der Waals surface area contributed by atoms with Crippen molar-refractivity contribution >= 4 is 38.9 Å². The smallest absolute Gasteiger partial charge is 0.239 e. The molecule has 2 N–H and O–H groups in total. The summed E-state index contributed by atoms with van der Waals surface area (Å²) in [6, 6.07) is 8.98. The van der Waals surface area contributed by atoms with Gasteiger partial charge in [-0.15, -0.1) is 0 Å². The first-order chi connectivity index (χ1) is 14.2. The summed E-state index contributed by atoms with van der Waals surface area (Å²) in [5.41, 5.74) is 1.37. The van der Waals surface area contributed by atoms with Crippen molar-refractivity contribution in [3.8, 4) is 0 Å². The summed E-state index contributed by atoms with van der Waals surface area (Å²) in [6.45, 7) is 4.54. The Hall–Kier alpha value is -2.76. The standard InChI is InChI=1S/C19H26N6O4S/c1-14-20-17(12-18(21-14)25-8-10-29-11-9-25)22-15-4-6-16(7-5-15)23-19(26)13-24(2)30(3,27)28/h4-7,12H,8-11,13H2,1-3H3,(H,23,26)(H,20,21,22). The number of sulfonamides is 1. The van der Waals surface area contributed by atoms with Gasteiger partial charge in [0, 0.05) is 37.6 Å². The lowest BCUT2D eigenvalue weighted by Gasteiger charge is -2.28. The molecule has 1 saturated heterocycles. The van der Waals surface area contributed by atoms with Crippen LogP contribution in [0.1, 0.15) is 5.82 Å². The van der Waals surface area contributed by atoms with Crippen LogP contribution in [0.4, 0.5) is 23.0 Å². The van der Waals surface area contributed by atoms with E-state index < -0.39 is 15.9 Å². The third kappa shape index (κ3) is 6.12. The number of aromatic nitrogens is 2. The largest absolute Gasteiger partial charge is 0.378 e. The summed E-state index contributed by atoms with van der Waals surface area (Å²) < 4.78 is 29.2. The molecule has 1 aliphatic rings. The molecular weight excluding hydrogens is 408 g/mol. The number of anilines is 4. The summed E-state index contributed by atoms with van der Waals surface area (Å²) in [7, 11) is -2.05. The number of hydrogen-bond acceptors (Lipinski definition) is 8. The van der Waals surface area contributed by atoms with E-state index in [9.17, 15) is 13.2 Å². The Morgan fingerprint density at radius 3 is 2.43 bits per heavy atom. The lowest BCUT2D eigenvalue weighted by Crippen LogP contribution is -2.36. The number of benzene rings is 1. The number of nitrogens with one attached hydrogen (secondary N) is 2. The van der Waals surface area contributed by atoms with Crippen molar-refractivity contribution in [2.45, 2.75) is 6.92 Å². The van der Waals surface area contributed by atoms with Gasteiger partial charge in [-0.1, -0.05) is 0 Å². The molecule has 0 radical (unpaired) electrons. The summed E-state index contributed by atoms with van der Waals surface area (Å²) in [4.78, 5) is 23.1. The number of nitrogens with zero attached hydrogens (tertiary/aromatic N) is 4. The molecule has 0 spiro atoms. The minimum atomic E-state index is -3.41. The second-order valence-corrected chi connectivity index (χ2v) is 9.12. The second kappa shape index (κ2) is 9.37. The molecule has 0 aliphatic carbocycles. The first-order valence-electron chi connectivity index (χ1n) is 9.47. The first-order valence-corrected chi connectivity index (χ1v) is 11.3. The average Bonchev–Trinajstić information content (AvgIpc) is 2.69. The van der Waals surface area contributed by atoms with Crippen LogP contribution >= 0.6 is 0 Å². The van der Waals surface area contributed by atoms with E-state index in [2.05, 4.69) is 25.5 Å². The monoisotopic (exact) mass is 434 g/mol. The van der Waals surface area contributed by atoms with Crippen LogP contribution in [-0.2, 0) is 19.6 Å². The Morgan fingerprint density at radius 2 is 1.80 bits per heavy atom. The molecule has 0 saturated carbocycles. The molecule has 10 nitrogen and oxygen atoms in total. The van der Waals surface area contributed by atoms with Gasteiger partial charge in [-0.2, -0.15) is 4.31 Å². The zero-order valence-electron chi connectivity index (χ0n) is 17.3. The molecule has 0 unspecified atom stereocenters. The molecule has 1 aliphatic heterocycles. The zero-order valence-corrected chi connectivity index (χ0v) is 18.1. The Balaban J connectivity index is 1.63. The molecular formula is C19H26N6O4S. The summed E-state index contributed by atoms with van der Waals surface area (Å²) >= 11 is 0. The van der Waals surface area contributed by atoms with Gasteiger partial charge in [-0.05, 0) is 31.2 Å². The van der Waals surface area contributed by atoms with Crippen molar-refractivity contribution in [1.29, 1.82) is 0 Å². The fraction of sp³-hybridized carbons (Fsp3) is 0.421. The number of ether oxygens (including phenoxy) is 1. The lowest BCUT2D eigenvalue weighted by atomic mass is 10.2. The van der Waals surface area contributed by atoms with Crippen LogP contribution in [0, 0.1) is 6.92 Å². The highest BCUT2D eigenvalue weighted by atomic mass is 32.2. The lowest BCUT2D eigenvalue weighted by molar-refractivity contribution is -0.116. The van der Waals surface area contributed by atoms with Gasteiger partial charge in [-0.3, -0.25) is 4.79 Å². The number of aryl methyl sites for hydroxylation is 1. The molecule has 2 aromatic rings. The third-order valence-electron chi connectivity index (χ3n) is 4.53. The maximum atomic E-state index is 12.0. The van der Waals surface area contributed by atoms with Gasteiger partial charge in [0.1, 0.15) is 17.5 Å². The Labute approximate surface area is 176 Å². The van der Waals surface area contributed by atoms with Crippen LogP contribution < -0.4 is 15.5 Å². The Kier molecular flexibility index (Phi) is 6.85. The van der Waals surface area contributed by atoms with E-state index >= 15 is 0 Å².